The Kier molecular flexibility index (Phi) is 25.8. The second kappa shape index (κ2) is 30.8. The molecule has 4 aliphatic heterocycles. The Balaban J connectivity index is 0.000000246. The lowest BCUT2D eigenvalue weighted by atomic mass is 9.90. The first kappa shape index (κ1) is 70.4. The van der Waals surface area contributed by atoms with E-state index in [1.54, 1.807) is 32.7 Å². The molecule has 1 aromatic heterocycles. The number of anilines is 2. The largest absolute Gasteiger partial charge is 0.490 e. The van der Waals surface area contributed by atoms with Crippen molar-refractivity contribution in [3.05, 3.63) is 151 Å². The van der Waals surface area contributed by atoms with Crippen molar-refractivity contribution >= 4 is 81.6 Å². The van der Waals surface area contributed by atoms with Crippen molar-refractivity contribution in [2.45, 2.75) is 109 Å². The first-order valence-electron chi connectivity index (χ1n) is 26.4. The number of nitrogens with zero attached hydrogens (tertiary/aromatic N) is 6. The number of carbonyl (C=O) groups is 2. The molecule has 0 aliphatic carbocycles. The zero-order valence-corrected chi connectivity index (χ0v) is 51.0. The van der Waals surface area contributed by atoms with Crippen LogP contribution in [0.3, 0.4) is 0 Å². The van der Waals surface area contributed by atoms with Crippen LogP contribution in [0.4, 0.5) is 37.7 Å². The first-order chi connectivity index (χ1) is 39.0. The van der Waals surface area contributed by atoms with Crippen LogP contribution in [0.25, 0.3) is 22.5 Å². The third-order valence-electron chi connectivity index (χ3n) is 13.7. The van der Waals surface area contributed by atoms with Gasteiger partial charge in [0.1, 0.15) is 7.85 Å². The third-order valence-corrected chi connectivity index (χ3v) is 14.7. The average molecular weight is 1280 g/mol. The molecule has 26 heteroatoms. The normalized spacial score (nSPS) is 17.7. The fraction of sp³-hybridized carbons (Fsp3) is 0.414. The van der Waals surface area contributed by atoms with E-state index in [1.165, 1.54) is 27.8 Å². The number of aliphatic hydroxyl groups is 2. The van der Waals surface area contributed by atoms with Crippen LogP contribution in [0.1, 0.15) is 100 Å². The van der Waals surface area contributed by atoms with E-state index < -0.39 is 35.5 Å². The molecule has 0 saturated heterocycles. The maximum absolute atomic E-state index is 10.6. The summed E-state index contributed by atoms with van der Waals surface area (Å²) < 4.78 is 66.5. The van der Waals surface area contributed by atoms with Gasteiger partial charge in [-0.2, -0.15) is 26.3 Å². The van der Waals surface area contributed by atoms with Gasteiger partial charge in [-0.3, -0.25) is 0 Å². The number of halogens is 9. The number of aromatic nitrogens is 3. The van der Waals surface area contributed by atoms with Crippen molar-refractivity contribution in [1.82, 2.24) is 29.8 Å². The Morgan fingerprint density at radius 2 is 1.19 bits per heavy atom. The number of nitrogens with one attached hydrogen (secondary N) is 2. The van der Waals surface area contributed by atoms with E-state index >= 15 is 0 Å². The number of carboxylic acids is 2. The number of carboxylic acid groups (broad SMARTS) is 2. The number of aliphatic carboxylic acids is 2. The molecular formula is C58H72BBrCl2F6N10O6. The number of allylic oxidation sites excluding steroid dienone is 1. The van der Waals surface area contributed by atoms with Gasteiger partial charge in [0.15, 0.2) is 0 Å². The quantitative estimate of drug-likeness (QED) is 0.0449. The van der Waals surface area contributed by atoms with Crippen molar-refractivity contribution < 1.29 is 56.4 Å². The van der Waals surface area contributed by atoms with Crippen LogP contribution in [0.5, 0.6) is 0 Å². The van der Waals surface area contributed by atoms with Gasteiger partial charge in [-0.15, -0.1) is 10.6 Å². The van der Waals surface area contributed by atoms with Gasteiger partial charge in [-0.1, -0.05) is 86.8 Å². The molecule has 0 saturated carbocycles. The number of hydrazine groups is 1. The summed E-state index contributed by atoms with van der Waals surface area (Å²) in [7, 11) is 9.79. The summed E-state index contributed by atoms with van der Waals surface area (Å²) >= 11 is 15.9. The SMILES string of the molecule is C/C(N)=C1\c2ccc(C3=CCN(C)CC3)cc2C(Nc2cccc(Cl)c2)CCN1N.CC(C)(O)C(C)(C)O.Cc1nnn2c1-c1ccc(Br)cc1C(Nc1cccc(Cl)c1)CC2.O=C(O)C(F)(F)F.O=C(O)C(F)(F)F.[B]C1=CCN(C)CC1. The molecule has 84 heavy (non-hydrogen) atoms. The van der Waals surface area contributed by atoms with Gasteiger partial charge in [0.05, 0.1) is 40.4 Å². The molecule has 5 aromatic rings. The van der Waals surface area contributed by atoms with E-state index in [0.29, 0.717) is 6.54 Å². The topological polar surface area (TPSA) is 232 Å². The number of alkyl halides is 6. The molecule has 4 aromatic carbocycles. The minimum atomic E-state index is -5.08. The van der Waals surface area contributed by atoms with Crippen LogP contribution >= 0.6 is 39.1 Å². The number of benzene rings is 4. The summed E-state index contributed by atoms with van der Waals surface area (Å²) in [6.07, 6.45) is -1.88. The monoisotopic (exact) mass is 1280 g/mol. The number of rotatable bonds is 6. The Bertz CT molecular complexity index is 3090. The highest BCUT2D eigenvalue weighted by atomic mass is 79.9. The number of hydrogen-bond acceptors (Lipinski definition) is 13. The van der Waals surface area contributed by atoms with Crippen LogP contribution in [0.15, 0.2) is 113 Å². The molecule has 0 spiro atoms. The molecular weight excluding hydrogens is 1210 g/mol. The number of likely N-dealkylation sites (N-methyl/N-ethyl adjacent to an activating group) is 2. The fourth-order valence-electron chi connectivity index (χ4n) is 8.41. The highest BCUT2D eigenvalue weighted by Gasteiger charge is 2.39. The Hall–Kier alpha value is -6.12. The number of nitrogens with two attached hydrogens (primary N) is 2. The maximum atomic E-state index is 10.6. The molecule has 0 bridgehead atoms. The molecule has 2 radical (unpaired) electrons. The predicted octanol–water partition coefficient (Wildman–Crippen LogP) is 11.8. The Morgan fingerprint density at radius 1 is 0.714 bits per heavy atom. The van der Waals surface area contributed by atoms with Gasteiger partial charge in [0.2, 0.25) is 0 Å². The molecule has 9 rings (SSSR count). The lowest BCUT2D eigenvalue weighted by Gasteiger charge is -2.31. The number of fused-ring (bicyclic) bond motifs is 4. The van der Waals surface area contributed by atoms with Crippen molar-refractivity contribution in [2.75, 3.05) is 57.5 Å². The van der Waals surface area contributed by atoms with Crippen LogP contribution in [-0.4, -0.2) is 140 Å². The molecule has 4 aliphatic rings. The fourth-order valence-corrected chi connectivity index (χ4v) is 9.17. The van der Waals surface area contributed by atoms with Gasteiger partial charge in [0.25, 0.3) is 0 Å². The molecule has 10 N–H and O–H groups in total. The Labute approximate surface area is 505 Å². The van der Waals surface area contributed by atoms with Crippen molar-refractivity contribution in [1.29, 1.82) is 0 Å². The Morgan fingerprint density at radius 3 is 1.62 bits per heavy atom. The van der Waals surface area contributed by atoms with Crippen LogP contribution in [-0.2, 0) is 16.1 Å². The van der Waals surface area contributed by atoms with Gasteiger partial charge >= 0.3 is 24.3 Å². The van der Waals surface area contributed by atoms with E-state index in [4.69, 9.17) is 72.6 Å². The zero-order chi connectivity index (χ0) is 63.1. The summed E-state index contributed by atoms with van der Waals surface area (Å²) in [6, 6.07) is 29.1. The summed E-state index contributed by atoms with van der Waals surface area (Å²) in [5.74, 6) is 0.886. The number of aryl methyl sites for hydroxylation is 2. The lowest BCUT2D eigenvalue weighted by Crippen LogP contribution is -2.44. The van der Waals surface area contributed by atoms with Gasteiger partial charge < -0.3 is 51.6 Å². The van der Waals surface area contributed by atoms with Crippen molar-refractivity contribution in [3.8, 4) is 11.3 Å². The molecule has 0 amide bonds. The predicted molar refractivity (Wildman–Crippen MR) is 323 cm³/mol. The standard InChI is InChI=1S/C24H30ClN5.C18H16BrClN4.C6H10BN.C6H14O2.2C2HF3O2/c1-16(26)24-21-7-6-18(17-8-11-29(2)12-9-17)14-22(21)23(10-13-30(24)27)28-20-5-3-4-19(25)15-20;1-11-18-15-6-5-12(19)9-16(15)17(7-8-24(18)23-22-11)21-14-4-2-3-13(20)10-14;1-8-4-2-6(7)3-5-8;1-5(2,7)6(3,4)8;2*3-2(4,5)1(6)7/h3-8,14-15,23,28H,9-13,26-27H2,1-2H3;2-6,9-10,17,21H,7-8H2,1H3;2H,3-5H2,1H3;7-8H,1-4H3;2*(H,6,7)/b24-16-;;;;;. The van der Waals surface area contributed by atoms with Gasteiger partial charge in [-0.25, -0.2) is 20.1 Å². The maximum Gasteiger partial charge on any atom is 0.490 e. The summed E-state index contributed by atoms with van der Waals surface area (Å²) in [5.41, 5.74) is 18.4. The minimum absolute atomic E-state index is 0.105. The second-order valence-corrected chi connectivity index (χ2v) is 23.0. The van der Waals surface area contributed by atoms with E-state index in [2.05, 4.69) is 109 Å². The van der Waals surface area contributed by atoms with Crippen molar-refractivity contribution in [3.63, 3.8) is 0 Å². The lowest BCUT2D eigenvalue weighted by molar-refractivity contribution is -0.193. The van der Waals surface area contributed by atoms with Gasteiger partial charge in [-0.05, 0) is 158 Å². The molecule has 0 fully saturated rings. The second-order valence-electron chi connectivity index (χ2n) is 21.3. The van der Waals surface area contributed by atoms with E-state index in [1.807, 2.05) is 67.1 Å². The summed E-state index contributed by atoms with van der Waals surface area (Å²) in [6.45, 7) is 16.0. The van der Waals surface area contributed by atoms with Gasteiger partial charge in [0, 0.05) is 82.0 Å². The highest BCUT2D eigenvalue weighted by molar-refractivity contribution is 9.10. The van der Waals surface area contributed by atoms with E-state index in [-0.39, 0.29) is 12.1 Å². The van der Waals surface area contributed by atoms with Crippen molar-refractivity contribution in [2.24, 2.45) is 11.6 Å². The number of hydrogen-bond donors (Lipinski definition) is 8. The van der Waals surface area contributed by atoms with Crippen LogP contribution < -0.4 is 22.2 Å². The molecule has 2 unspecified atom stereocenters. The molecule has 16 nitrogen and oxygen atoms in total. The summed E-state index contributed by atoms with van der Waals surface area (Å²) in [5, 5.41) is 51.5. The first-order valence-corrected chi connectivity index (χ1v) is 27.9. The smallest absolute Gasteiger partial charge is 0.475 e. The zero-order valence-electron chi connectivity index (χ0n) is 47.9. The molecule has 2 atom stereocenters. The van der Waals surface area contributed by atoms with Crippen LogP contribution in [0, 0.1) is 6.92 Å². The van der Waals surface area contributed by atoms with Crippen LogP contribution in [0.2, 0.25) is 10.0 Å². The average Bonchev–Trinajstić information content (AvgIpc) is 2.06. The van der Waals surface area contributed by atoms with E-state index in [0.717, 1.165) is 118 Å². The highest BCUT2D eigenvalue weighted by Crippen LogP contribution is 2.40. The third kappa shape index (κ3) is 21.7. The molecule has 456 valence electrons. The van der Waals surface area contributed by atoms with E-state index in [9.17, 15) is 26.3 Å². The minimum Gasteiger partial charge on any atom is -0.475 e. The molecule has 5 heterocycles. The summed E-state index contributed by atoms with van der Waals surface area (Å²) in [4.78, 5) is 22.4.